The molecule has 0 aromatic carbocycles. The first-order valence-corrected chi connectivity index (χ1v) is 46.8. The van der Waals surface area contributed by atoms with Crippen LogP contribution in [0.5, 0.6) is 0 Å². The lowest BCUT2D eigenvalue weighted by atomic mass is 10.0. The number of phosphoric ester groups is 2. The van der Waals surface area contributed by atoms with E-state index in [0.29, 0.717) is 31.6 Å². The summed E-state index contributed by atoms with van der Waals surface area (Å²) in [4.78, 5) is 73.1. The van der Waals surface area contributed by atoms with Gasteiger partial charge in [-0.2, -0.15) is 0 Å². The Morgan fingerprint density at radius 2 is 0.442 bits per heavy atom. The SMILES string of the molecule is CCCCCCCCCCCCCCCCCCCCCCCCC(=O)O[C@H](COC(=O)CCCCCCCCCCCCCCCCC(C)C)COP(=O)(O)OC[C@@H](O)COP(=O)(O)OC[C@@H](COC(=O)CCCCCCCCCC(C)C)OC(=O)CCCCCCCCCCCCCCC(C)C. The number of esters is 4. The average molecular weight is 1520 g/mol. The Hall–Kier alpha value is -1.94. The van der Waals surface area contributed by atoms with Crippen molar-refractivity contribution < 1.29 is 80.2 Å². The highest BCUT2D eigenvalue weighted by Gasteiger charge is 2.30. The summed E-state index contributed by atoms with van der Waals surface area (Å²) in [7, 11) is -9.93. The van der Waals surface area contributed by atoms with E-state index in [-0.39, 0.29) is 25.7 Å². The van der Waals surface area contributed by atoms with E-state index in [1.165, 1.54) is 250 Å². The number of hydrogen-bond donors (Lipinski definition) is 3. The van der Waals surface area contributed by atoms with Gasteiger partial charge in [0, 0.05) is 25.7 Å². The topological polar surface area (TPSA) is 237 Å². The minimum atomic E-state index is -4.97. The van der Waals surface area contributed by atoms with Crippen molar-refractivity contribution in [2.45, 2.75) is 465 Å². The van der Waals surface area contributed by atoms with Gasteiger partial charge in [-0.25, -0.2) is 9.13 Å². The van der Waals surface area contributed by atoms with Gasteiger partial charge in [0.1, 0.15) is 19.3 Å². The summed E-state index contributed by atoms with van der Waals surface area (Å²) in [5.74, 6) is 0.173. The van der Waals surface area contributed by atoms with E-state index in [1.54, 1.807) is 0 Å². The van der Waals surface area contributed by atoms with Gasteiger partial charge in [0.15, 0.2) is 12.2 Å². The second-order valence-corrected chi connectivity index (χ2v) is 34.9. The summed E-state index contributed by atoms with van der Waals surface area (Å²) in [6.07, 6.45) is 65.4. The monoisotopic (exact) mass is 1520 g/mol. The molecule has 3 N–H and O–H groups in total. The molecule has 0 aliphatic heterocycles. The van der Waals surface area contributed by atoms with E-state index in [1.807, 2.05) is 0 Å². The van der Waals surface area contributed by atoms with Crippen LogP contribution in [0.15, 0.2) is 0 Å². The third kappa shape index (κ3) is 78.2. The van der Waals surface area contributed by atoms with Crippen LogP contribution >= 0.6 is 15.6 Å². The Morgan fingerprint density at radius 3 is 0.654 bits per heavy atom. The normalized spacial score (nSPS) is 13.9. The predicted molar refractivity (Wildman–Crippen MR) is 428 cm³/mol. The fraction of sp³-hybridized carbons (Fsp3) is 0.953. The quantitative estimate of drug-likeness (QED) is 0.0222. The number of carbonyl (C=O) groups excluding carboxylic acids is 4. The van der Waals surface area contributed by atoms with Gasteiger partial charge < -0.3 is 33.8 Å². The van der Waals surface area contributed by atoms with Crippen molar-refractivity contribution in [3.63, 3.8) is 0 Å². The van der Waals surface area contributed by atoms with Crippen LogP contribution in [0.3, 0.4) is 0 Å². The van der Waals surface area contributed by atoms with E-state index in [9.17, 15) is 43.2 Å². The Labute approximate surface area is 638 Å². The molecule has 104 heavy (non-hydrogen) atoms. The average Bonchev–Trinajstić information content (AvgIpc) is 0.906. The van der Waals surface area contributed by atoms with Crippen LogP contribution in [0, 0.1) is 17.8 Å². The maximum absolute atomic E-state index is 13.1. The van der Waals surface area contributed by atoms with Crippen molar-refractivity contribution in [2.75, 3.05) is 39.6 Å². The smallest absolute Gasteiger partial charge is 0.462 e. The van der Waals surface area contributed by atoms with Crippen molar-refractivity contribution in [1.29, 1.82) is 0 Å². The zero-order chi connectivity index (χ0) is 76.5. The lowest BCUT2D eigenvalue weighted by molar-refractivity contribution is -0.161. The Morgan fingerprint density at radius 1 is 0.260 bits per heavy atom. The zero-order valence-corrected chi connectivity index (χ0v) is 70.3. The number of aliphatic hydroxyl groups excluding tert-OH is 1. The molecule has 0 bridgehead atoms. The second kappa shape index (κ2) is 75.1. The van der Waals surface area contributed by atoms with Gasteiger partial charge in [-0.15, -0.1) is 0 Å². The van der Waals surface area contributed by atoms with E-state index >= 15 is 0 Å². The van der Waals surface area contributed by atoms with Crippen molar-refractivity contribution in [1.82, 2.24) is 0 Å². The molecule has 17 nitrogen and oxygen atoms in total. The van der Waals surface area contributed by atoms with Crippen LogP contribution in [0.1, 0.15) is 447 Å². The molecule has 5 atom stereocenters. The van der Waals surface area contributed by atoms with Gasteiger partial charge in [-0.1, -0.05) is 395 Å². The summed E-state index contributed by atoms with van der Waals surface area (Å²) in [6, 6.07) is 0. The van der Waals surface area contributed by atoms with Crippen LogP contribution in [0.4, 0.5) is 0 Å². The molecule has 0 heterocycles. The molecule has 0 saturated heterocycles. The maximum Gasteiger partial charge on any atom is 0.472 e. The van der Waals surface area contributed by atoms with Crippen molar-refractivity contribution >= 4 is 39.5 Å². The first-order chi connectivity index (χ1) is 50.2. The fourth-order valence-corrected chi connectivity index (χ4v) is 14.8. The van der Waals surface area contributed by atoms with Crippen LogP contribution in [0.25, 0.3) is 0 Å². The Bertz CT molecular complexity index is 2010. The molecular weight excluding hydrogens is 1350 g/mol. The molecule has 0 aromatic rings. The lowest BCUT2D eigenvalue weighted by Gasteiger charge is -2.21. The summed E-state index contributed by atoms with van der Waals surface area (Å²) >= 11 is 0. The minimum absolute atomic E-state index is 0.106. The summed E-state index contributed by atoms with van der Waals surface area (Å²) in [5.41, 5.74) is 0. The molecular formula is C85H166O17P2. The Kier molecular flexibility index (Phi) is 73.7. The van der Waals surface area contributed by atoms with Crippen molar-refractivity contribution in [3.05, 3.63) is 0 Å². The molecule has 0 fully saturated rings. The largest absolute Gasteiger partial charge is 0.472 e. The van der Waals surface area contributed by atoms with Crippen molar-refractivity contribution in [3.8, 4) is 0 Å². The molecule has 0 aliphatic carbocycles. The number of unbranched alkanes of at least 4 members (excludes halogenated alkanes) is 51. The minimum Gasteiger partial charge on any atom is -0.462 e. The third-order valence-electron chi connectivity index (χ3n) is 19.9. The molecule has 19 heteroatoms. The van der Waals surface area contributed by atoms with Crippen molar-refractivity contribution in [2.24, 2.45) is 17.8 Å². The van der Waals surface area contributed by atoms with Gasteiger partial charge in [0.05, 0.1) is 26.4 Å². The van der Waals surface area contributed by atoms with Crippen LogP contribution in [-0.2, 0) is 65.4 Å². The van der Waals surface area contributed by atoms with E-state index in [2.05, 4.69) is 48.5 Å². The van der Waals surface area contributed by atoms with E-state index in [4.69, 9.17) is 37.0 Å². The molecule has 618 valence electrons. The fourth-order valence-electron chi connectivity index (χ4n) is 13.2. The van der Waals surface area contributed by atoms with Gasteiger partial charge in [0.25, 0.3) is 0 Å². The van der Waals surface area contributed by atoms with Gasteiger partial charge in [0.2, 0.25) is 0 Å². The molecule has 0 spiro atoms. The van der Waals surface area contributed by atoms with Gasteiger partial charge in [-0.3, -0.25) is 37.3 Å². The molecule has 0 radical (unpaired) electrons. The molecule has 0 aliphatic rings. The number of hydrogen-bond acceptors (Lipinski definition) is 15. The van der Waals surface area contributed by atoms with E-state index in [0.717, 1.165) is 108 Å². The highest BCUT2D eigenvalue weighted by atomic mass is 31.2. The van der Waals surface area contributed by atoms with Gasteiger partial charge >= 0.3 is 39.5 Å². The third-order valence-corrected chi connectivity index (χ3v) is 21.8. The highest BCUT2D eigenvalue weighted by Crippen LogP contribution is 2.45. The first-order valence-electron chi connectivity index (χ1n) is 43.8. The van der Waals surface area contributed by atoms with Crippen LogP contribution < -0.4 is 0 Å². The number of aliphatic hydroxyl groups is 1. The van der Waals surface area contributed by atoms with Crippen LogP contribution in [-0.4, -0.2) is 96.7 Å². The first kappa shape index (κ1) is 102. The molecule has 0 saturated carbocycles. The Balaban J connectivity index is 5.22. The second-order valence-electron chi connectivity index (χ2n) is 32.0. The molecule has 0 rings (SSSR count). The van der Waals surface area contributed by atoms with E-state index < -0.39 is 97.5 Å². The molecule has 0 aromatic heterocycles. The standard InChI is InChI=1S/C85H166O17P2/c1-8-9-10-11-12-13-14-15-16-17-18-19-20-21-22-23-28-34-39-46-54-61-68-84(89)101-80(72-95-82(87)66-59-52-45-38-33-27-25-24-26-31-36-42-49-56-63-76(2)3)74-99-103(91,92)97-70-79(86)71-98-104(93,94)100-75-81(73-96-83(88)67-60-53-48-41-44-51-58-65-78(6)7)102-85(90)69-62-55-47-40-35-30-29-32-37-43-50-57-64-77(4)5/h76-81,86H,8-75H2,1-7H3,(H,91,92)(H,93,94)/t79-,80-,81-/m1/s1. The zero-order valence-electron chi connectivity index (χ0n) is 68.5. The van der Waals surface area contributed by atoms with Crippen LogP contribution in [0.2, 0.25) is 0 Å². The predicted octanol–water partition coefficient (Wildman–Crippen LogP) is 25.7. The summed E-state index contributed by atoms with van der Waals surface area (Å²) < 4.78 is 68.8. The number of phosphoric acid groups is 2. The van der Waals surface area contributed by atoms with Gasteiger partial charge in [-0.05, 0) is 43.4 Å². The highest BCUT2D eigenvalue weighted by molar-refractivity contribution is 7.47. The summed E-state index contributed by atoms with van der Waals surface area (Å²) in [5, 5.41) is 10.7. The maximum atomic E-state index is 13.1. The number of carbonyl (C=O) groups is 4. The number of rotatable bonds is 83. The molecule has 2 unspecified atom stereocenters. The lowest BCUT2D eigenvalue weighted by Crippen LogP contribution is -2.30. The molecule has 0 amide bonds. The summed E-state index contributed by atoms with van der Waals surface area (Å²) in [6.45, 7) is 11.9. The number of ether oxygens (including phenoxy) is 4.